The fraction of sp³-hybridized carbons (Fsp3) is 0.179. The number of aryl methyl sites for hydroxylation is 2. The van der Waals surface area contributed by atoms with Gasteiger partial charge in [0, 0.05) is 35.1 Å². The normalized spacial score (nSPS) is 17.8. The van der Waals surface area contributed by atoms with Crippen molar-refractivity contribution in [1.29, 1.82) is 0 Å². The summed E-state index contributed by atoms with van der Waals surface area (Å²) >= 11 is 0. The molecule has 5 N–H and O–H groups in total. The zero-order valence-electron chi connectivity index (χ0n) is 20.0. The van der Waals surface area contributed by atoms with Gasteiger partial charge in [0.2, 0.25) is 0 Å². The first-order valence-corrected chi connectivity index (χ1v) is 11.5. The molecule has 1 aromatic heterocycles. The summed E-state index contributed by atoms with van der Waals surface area (Å²) in [5.41, 5.74) is -0.0311. The fourth-order valence-electron chi connectivity index (χ4n) is 5.63. The Kier molecular flexibility index (Phi) is 4.66. The van der Waals surface area contributed by atoms with E-state index in [9.17, 15) is 34.8 Å². The SMILES string of the molecule is CO[C@@H]1c2cc3c(c(O)c2-c2c(cc4cc(C)[nH]c(=O)c4c2O)[C@@H]1O)C(=O)c1ccc(C)c(O)c1C3=O. The lowest BCUT2D eigenvalue weighted by molar-refractivity contribution is -0.0163. The second kappa shape index (κ2) is 7.52. The summed E-state index contributed by atoms with van der Waals surface area (Å²) in [5, 5.41) is 44.9. The van der Waals surface area contributed by atoms with Crippen LogP contribution < -0.4 is 5.56 Å². The Balaban J connectivity index is 1.74. The van der Waals surface area contributed by atoms with Gasteiger partial charge in [-0.3, -0.25) is 14.4 Å². The largest absolute Gasteiger partial charge is 0.507 e. The number of pyridine rings is 1. The van der Waals surface area contributed by atoms with Crippen molar-refractivity contribution in [3.63, 3.8) is 0 Å². The van der Waals surface area contributed by atoms with Crippen molar-refractivity contribution in [2.45, 2.75) is 26.1 Å². The molecule has 9 heteroatoms. The van der Waals surface area contributed by atoms with Crippen molar-refractivity contribution < 1.29 is 34.8 Å². The molecule has 2 atom stereocenters. The molecule has 2 aliphatic carbocycles. The molecule has 6 rings (SSSR count). The number of H-pyrrole nitrogens is 1. The van der Waals surface area contributed by atoms with E-state index in [0.29, 0.717) is 16.6 Å². The Labute approximate surface area is 209 Å². The van der Waals surface area contributed by atoms with E-state index in [0.717, 1.165) is 0 Å². The molecule has 0 unspecified atom stereocenters. The summed E-state index contributed by atoms with van der Waals surface area (Å²) in [6.45, 7) is 3.27. The number of hydrogen-bond acceptors (Lipinski definition) is 8. The molecular weight excluding hydrogens is 478 g/mol. The molecule has 0 fully saturated rings. The number of aromatic hydroxyl groups is 3. The highest BCUT2D eigenvalue weighted by Crippen LogP contribution is 2.56. The average molecular weight is 499 g/mol. The number of rotatable bonds is 1. The highest BCUT2D eigenvalue weighted by Gasteiger charge is 2.43. The van der Waals surface area contributed by atoms with Crippen LogP contribution in [0.1, 0.15) is 66.4 Å². The summed E-state index contributed by atoms with van der Waals surface area (Å²) in [5.74, 6) is -2.76. The first-order chi connectivity index (χ1) is 17.6. The van der Waals surface area contributed by atoms with Crippen molar-refractivity contribution in [1.82, 2.24) is 4.98 Å². The molecule has 9 nitrogen and oxygen atoms in total. The molecule has 37 heavy (non-hydrogen) atoms. The van der Waals surface area contributed by atoms with Gasteiger partial charge >= 0.3 is 0 Å². The van der Waals surface area contributed by atoms with Crippen LogP contribution in [0, 0.1) is 13.8 Å². The van der Waals surface area contributed by atoms with E-state index in [1.165, 1.54) is 31.4 Å². The summed E-state index contributed by atoms with van der Waals surface area (Å²) < 4.78 is 5.55. The Morgan fingerprint density at radius 2 is 1.43 bits per heavy atom. The summed E-state index contributed by atoms with van der Waals surface area (Å²) in [4.78, 5) is 42.4. The third kappa shape index (κ3) is 2.83. The minimum Gasteiger partial charge on any atom is -0.507 e. The molecular formula is C28H21NO8. The molecule has 0 aliphatic heterocycles. The van der Waals surface area contributed by atoms with E-state index in [2.05, 4.69) is 4.98 Å². The molecule has 4 aromatic rings. The molecule has 0 saturated carbocycles. The van der Waals surface area contributed by atoms with Crippen LogP contribution in [0.2, 0.25) is 0 Å². The van der Waals surface area contributed by atoms with Gasteiger partial charge < -0.3 is 30.1 Å². The zero-order chi connectivity index (χ0) is 26.5. The molecule has 2 aliphatic rings. The van der Waals surface area contributed by atoms with Gasteiger partial charge in [0.1, 0.15) is 29.5 Å². The van der Waals surface area contributed by atoms with Crippen LogP contribution in [0.25, 0.3) is 21.9 Å². The summed E-state index contributed by atoms with van der Waals surface area (Å²) in [6.07, 6.45) is -2.41. The van der Waals surface area contributed by atoms with E-state index in [1.807, 2.05) is 0 Å². The Bertz CT molecular complexity index is 1800. The minimum absolute atomic E-state index is 0.0220. The van der Waals surface area contributed by atoms with Crippen molar-refractivity contribution >= 4 is 22.3 Å². The Morgan fingerprint density at radius 1 is 0.784 bits per heavy atom. The number of carbonyl (C=O) groups is 2. The smallest absolute Gasteiger partial charge is 0.259 e. The summed E-state index contributed by atoms with van der Waals surface area (Å²) in [7, 11) is 1.34. The van der Waals surface area contributed by atoms with E-state index >= 15 is 0 Å². The number of fused-ring (bicyclic) bond motifs is 6. The van der Waals surface area contributed by atoms with Crippen molar-refractivity contribution in [3.8, 4) is 28.4 Å². The number of phenolic OH excluding ortho intramolecular Hbond substituents is 3. The molecule has 3 aromatic carbocycles. The van der Waals surface area contributed by atoms with Crippen LogP contribution in [0.3, 0.4) is 0 Å². The highest BCUT2D eigenvalue weighted by molar-refractivity contribution is 6.31. The number of methoxy groups -OCH3 is 1. The number of benzene rings is 3. The predicted octanol–water partition coefficient (Wildman–Crippen LogP) is 3.44. The number of ether oxygens (including phenoxy) is 1. The van der Waals surface area contributed by atoms with Gasteiger partial charge in [-0.1, -0.05) is 6.07 Å². The molecule has 0 amide bonds. The first kappa shape index (κ1) is 23.0. The van der Waals surface area contributed by atoms with E-state index in [1.54, 1.807) is 19.9 Å². The third-order valence-corrected chi connectivity index (χ3v) is 7.34. The number of aromatic amines is 1. The maximum Gasteiger partial charge on any atom is 0.259 e. The van der Waals surface area contributed by atoms with Crippen LogP contribution in [0.4, 0.5) is 0 Å². The maximum atomic E-state index is 13.5. The van der Waals surface area contributed by atoms with Crippen LogP contribution in [0.15, 0.2) is 35.1 Å². The number of aromatic nitrogens is 1. The molecule has 0 bridgehead atoms. The van der Waals surface area contributed by atoms with Crippen molar-refractivity contribution in [2.75, 3.05) is 7.11 Å². The zero-order valence-corrected chi connectivity index (χ0v) is 20.0. The van der Waals surface area contributed by atoms with Crippen LogP contribution in [-0.2, 0) is 4.74 Å². The number of aliphatic hydroxyl groups excluding tert-OH is 1. The number of hydrogen-bond donors (Lipinski definition) is 5. The summed E-state index contributed by atoms with van der Waals surface area (Å²) in [6, 6.07) is 7.42. The molecule has 1 heterocycles. The van der Waals surface area contributed by atoms with Crippen LogP contribution in [-0.4, -0.2) is 44.1 Å². The van der Waals surface area contributed by atoms with Gasteiger partial charge in [-0.15, -0.1) is 0 Å². The van der Waals surface area contributed by atoms with Gasteiger partial charge in [-0.25, -0.2) is 0 Å². The van der Waals surface area contributed by atoms with E-state index in [-0.39, 0.29) is 55.6 Å². The third-order valence-electron chi connectivity index (χ3n) is 7.34. The van der Waals surface area contributed by atoms with E-state index < -0.39 is 40.8 Å². The minimum atomic E-state index is -1.34. The maximum absolute atomic E-state index is 13.5. The lowest BCUT2D eigenvalue weighted by Gasteiger charge is -2.34. The lowest BCUT2D eigenvalue weighted by atomic mass is 9.74. The predicted molar refractivity (Wildman–Crippen MR) is 132 cm³/mol. The monoisotopic (exact) mass is 499 g/mol. The van der Waals surface area contributed by atoms with Gasteiger partial charge in [-0.05, 0) is 60.2 Å². The van der Waals surface area contributed by atoms with Gasteiger partial charge in [0.15, 0.2) is 11.6 Å². The van der Waals surface area contributed by atoms with Crippen LogP contribution in [0.5, 0.6) is 17.2 Å². The number of ketones is 2. The molecule has 186 valence electrons. The quantitative estimate of drug-likeness (QED) is 0.235. The van der Waals surface area contributed by atoms with Gasteiger partial charge in [0.25, 0.3) is 5.56 Å². The highest BCUT2D eigenvalue weighted by atomic mass is 16.5. The Morgan fingerprint density at radius 3 is 2.14 bits per heavy atom. The molecule has 0 radical (unpaired) electrons. The topological polar surface area (TPSA) is 157 Å². The van der Waals surface area contributed by atoms with Crippen molar-refractivity contribution in [2.24, 2.45) is 0 Å². The molecule has 0 spiro atoms. The Hall–Kier alpha value is -4.47. The molecule has 0 saturated heterocycles. The number of phenols is 3. The lowest BCUT2D eigenvalue weighted by Crippen LogP contribution is -2.25. The van der Waals surface area contributed by atoms with Gasteiger partial charge in [-0.2, -0.15) is 0 Å². The fourth-order valence-corrected chi connectivity index (χ4v) is 5.63. The van der Waals surface area contributed by atoms with Crippen molar-refractivity contribution in [3.05, 3.63) is 85.3 Å². The number of carbonyl (C=O) groups excluding carboxylic acids is 2. The van der Waals surface area contributed by atoms with Crippen LogP contribution >= 0.6 is 0 Å². The van der Waals surface area contributed by atoms with E-state index in [4.69, 9.17) is 4.74 Å². The second-order valence-electron chi connectivity index (χ2n) is 9.46. The number of nitrogens with one attached hydrogen (secondary N) is 1. The average Bonchev–Trinajstić information content (AvgIpc) is 2.84. The second-order valence-corrected chi connectivity index (χ2v) is 9.46. The number of aliphatic hydroxyl groups is 1. The first-order valence-electron chi connectivity index (χ1n) is 11.5. The standard InChI is InChI=1S/C28H21NO8/c1-9-4-5-12-19(21(9)30)23(32)14-8-15-18(26(35)20(14)22(12)31)17-13(24(33)27(15)37-3)7-11-6-10(2)29-28(36)16(11)25(17)34/h4-8,24,27,30,33-35H,1-3H3,(H,29,36)/t24-,27+/m0/s1. The van der Waals surface area contributed by atoms with Gasteiger partial charge in [0.05, 0.1) is 16.5 Å².